The molecule has 2 atom stereocenters. The van der Waals surface area contributed by atoms with Crippen LogP contribution in [-0.2, 0) is 20.9 Å². The fraction of sp³-hybridized carbons (Fsp3) is 0.296. The van der Waals surface area contributed by atoms with Crippen molar-refractivity contribution in [3.8, 4) is 6.07 Å². The first kappa shape index (κ1) is 27.1. The summed E-state index contributed by atoms with van der Waals surface area (Å²) in [6, 6.07) is 13.0. The highest BCUT2D eigenvalue weighted by atomic mass is 16.5. The van der Waals surface area contributed by atoms with Gasteiger partial charge in [0, 0.05) is 30.9 Å². The molecule has 3 rings (SSSR count). The van der Waals surface area contributed by atoms with Crippen molar-refractivity contribution in [1.82, 2.24) is 20.9 Å². The van der Waals surface area contributed by atoms with Crippen molar-refractivity contribution in [3.63, 3.8) is 0 Å². The Balaban J connectivity index is 1.71. The summed E-state index contributed by atoms with van der Waals surface area (Å²) in [6.07, 6.45) is 6.78. The molecule has 10 nitrogen and oxygen atoms in total. The average Bonchev–Trinajstić information content (AvgIpc) is 2.93. The molecule has 37 heavy (non-hydrogen) atoms. The molecule has 0 radical (unpaired) electrons. The topological polar surface area (TPSA) is 136 Å². The number of hydrogen-bond acceptors (Lipinski definition) is 7. The first-order chi connectivity index (χ1) is 17.9. The molecule has 3 amide bonds. The predicted octanol–water partition coefficient (Wildman–Crippen LogP) is 2.19. The largest absolute Gasteiger partial charge is 0.466 e. The predicted molar refractivity (Wildman–Crippen MR) is 138 cm³/mol. The Morgan fingerprint density at radius 3 is 2.57 bits per heavy atom. The zero-order valence-electron chi connectivity index (χ0n) is 20.8. The molecule has 1 aromatic heterocycles. The second-order valence-electron chi connectivity index (χ2n) is 8.16. The SMILES string of the molecule is CCOC(=O)CCN(C(=O)C1=CC(NC(=O)NCc2ccc(C#N)cc2)C(NC)C=C1)c1ccccn1. The highest BCUT2D eigenvalue weighted by Gasteiger charge is 2.27. The van der Waals surface area contributed by atoms with Crippen LogP contribution >= 0.6 is 0 Å². The number of amides is 3. The van der Waals surface area contributed by atoms with Gasteiger partial charge < -0.3 is 20.7 Å². The number of nitriles is 1. The Hall–Kier alpha value is -4.49. The van der Waals surface area contributed by atoms with E-state index >= 15 is 0 Å². The van der Waals surface area contributed by atoms with Crippen LogP contribution in [0.15, 0.2) is 72.5 Å². The molecule has 0 saturated heterocycles. The summed E-state index contributed by atoms with van der Waals surface area (Å²) in [5.41, 5.74) is 1.75. The van der Waals surface area contributed by atoms with Gasteiger partial charge in [0.15, 0.2) is 0 Å². The molecule has 0 fully saturated rings. The lowest BCUT2D eigenvalue weighted by Gasteiger charge is -2.28. The lowest BCUT2D eigenvalue weighted by Crippen LogP contribution is -2.51. The molecule has 0 bridgehead atoms. The van der Waals surface area contributed by atoms with E-state index in [-0.39, 0.29) is 38.1 Å². The zero-order chi connectivity index (χ0) is 26.6. The summed E-state index contributed by atoms with van der Waals surface area (Å²) in [5.74, 6) is -0.344. The second-order valence-corrected chi connectivity index (χ2v) is 8.16. The number of aromatic nitrogens is 1. The highest BCUT2D eigenvalue weighted by molar-refractivity contribution is 6.07. The van der Waals surface area contributed by atoms with Crippen LogP contribution < -0.4 is 20.9 Å². The van der Waals surface area contributed by atoms with Gasteiger partial charge in [0.05, 0.1) is 30.7 Å². The van der Waals surface area contributed by atoms with E-state index in [0.717, 1.165) is 5.56 Å². The van der Waals surface area contributed by atoms with Gasteiger partial charge in [0.25, 0.3) is 5.91 Å². The number of nitrogens with one attached hydrogen (secondary N) is 3. The van der Waals surface area contributed by atoms with E-state index in [4.69, 9.17) is 10.00 Å². The van der Waals surface area contributed by atoms with Gasteiger partial charge >= 0.3 is 12.0 Å². The van der Waals surface area contributed by atoms with E-state index < -0.39 is 18.0 Å². The van der Waals surface area contributed by atoms with Crippen LogP contribution in [0.3, 0.4) is 0 Å². The van der Waals surface area contributed by atoms with Crippen LogP contribution in [0.1, 0.15) is 24.5 Å². The number of rotatable bonds is 10. The fourth-order valence-electron chi connectivity index (χ4n) is 3.74. The Bertz CT molecular complexity index is 1190. The zero-order valence-corrected chi connectivity index (χ0v) is 20.8. The van der Waals surface area contributed by atoms with Crippen molar-refractivity contribution in [2.45, 2.75) is 32.0 Å². The summed E-state index contributed by atoms with van der Waals surface area (Å²) >= 11 is 0. The standard InChI is InChI=1S/C27H30N6O4/c1-3-37-25(34)13-15-33(24-6-4-5-14-30-24)26(35)21-11-12-22(29-2)23(16-21)32-27(36)31-18-20-9-7-19(17-28)8-10-20/h4-12,14,16,22-23,29H,3,13,15,18H2,1-2H3,(H2,31,32,36). The Labute approximate surface area is 216 Å². The molecule has 1 aliphatic rings. The molecule has 192 valence electrons. The molecule has 3 N–H and O–H groups in total. The van der Waals surface area contributed by atoms with Gasteiger partial charge in [-0.25, -0.2) is 9.78 Å². The number of ether oxygens (including phenoxy) is 1. The number of urea groups is 1. The van der Waals surface area contributed by atoms with Gasteiger partial charge in [0.1, 0.15) is 5.82 Å². The summed E-state index contributed by atoms with van der Waals surface area (Å²) in [4.78, 5) is 43.8. The van der Waals surface area contributed by atoms with Crippen LogP contribution in [0.25, 0.3) is 0 Å². The van der Waals surface area contributed by atoms with Crippen LogP contribution in [0, 0.1) is 11.3 Å². The van der Waals surface area contributed by atoms with Crippen molar-refractivity contribution in [2.75, 3.05) is 25.1 Å². The number of benzene rings is 1. The minimum Gasteiger partial charge on any atom is -0.466 e. The van der Waals surface area contributed by atoms with Crippen molar-refractivity contribution in [1.29, 1.82) is 5.26 Å². The normalized spacial score (nSPS) is 16.2. The molecule has 10 heteroatoms. The number of esters is 1. The maximum absolute atomic E-state index is 13.5. The molecular weight excluding hydrogens is 472 g/mol. The lowest BCUT2D eigenvalue weighted by atomic mass is 9.97. The van der Waals surface area contributed by atoms with Crippen molar-refractivity contribution >= 4 is 23.7 Å². The van der Waals surface area contributed by atoms with Gasteiger partial charge in [-0.1, -0.05) is 30.4 Å². The molecule has 1 aliphatic carbocycles. The maximum atomic E-state index is 13.5. The molecule has 2 unspecified atom stereocenters. The molecule has 0 spiro atoms. The second kappa shape index (κ2) is 13.6. The highest BCUT2D eigenvalue weighted by Crippen LogP contribution is 2.19. The third-order valence-electron chi connectivity index (χ3n) is 5.66. The monoisotopic (exact) mass is 502 g/mol. The van der Waals surface area contributed by atoms with E-state index in [2.05, 4.69) is 27.0 Å². The van der Waals surface area contributed by atoms with Gasteiger partial charge in [-0.15, -0.1) is 0 Å². The third-order valence-corrected chi connectivity index (χ3v) is 5.66. The third kappa shape index (κ3) is 7.75. The maximum Gasteiger partial charge on any atom is 0.315 e. The number of anilines is 1. The molecule has 0 saturated carbocycles. The number of hydrogen-bond donors (Lipinski definition) is 3. The Morgan fingerprint density at radius 1 is 1.14 bits per heavy atom. The molecule has 1 aromatic carbocycles. The van der Waals surface area contributed by atoms with Crippen molar-refractivity contribution < 1.29 is 19.1 Å². The van der Waals surface area contributed by atoms with E-state index in [1.165, 1.54) is 4.90 Å². The van der Waals surface area contributed by atoms with E-state index in [1.807, 2.05) is 0 Å². The van der Waals surface area contributed by atoms with Crippen LogP contribution in [0.4, 0.5) is 10.6 Å². The van der Waals surface area contributed by atoms with E-state index in [9.17, 15) is 14.4 Å². The summed E-state index contributed by atoms with van der Waals surface area (Å²) in [7, 11) is 1.76. The van der Waals surface area contributed by atoms with Gasteiger partial charge in [-0.05, 0) is 49.9 Å². The van der Waals surface area contributed by atoms with Crippen molar-refractivity contribution in [2.24, 2.45) is 0 Å². The quantitative estimate of drug-likeness (QED) is 0.424. The minimum atomic E-state index is -0.509. The average molecular weight is 503 g/mol. The lowest BCUT2D eigenvalue weighted by molar-refractivity contribution is -0.142. The molecule has 1 heterocycles. The number of carbonyl (C=O) groups is 3. The van der Waals surface area contributed by atoms with Crippen LogP contribution in [-0.4, -0.2) is 55.2 Å². The molecule has 0 aliphatic heterocycles. The van der Waals surface area contributed by atoms with Gasteiger partial charge in [-0.3, -0.25) is 14.5 Å². The van der Waals surface area contributed by atoms with Gasteiger partial charge in [0.2, 0.25) is 0 Å². The number of carbonyl (C=O) groups excluding carboxylic acids is 3. The van der Waals surface area contributed by atoms with Crippen LogP contribution in [0.2, 0.25) is 0 Å². The summed E-state index contributed by atoms with van der Waals surface area (Å²) in [5, 5.41) is 17.7. The molecular formula is C27H30N6O4. The van der Waals surface area contributed by atoms with Crippen LogP contribution in [0.5, 0.6) is 0 Å². The van der Waals surface area contributed by atoms with Crippen molar-refractivity contribution in [3.05, 3.63) is 83.6 Å². The Morgan fingerprint density at radius 2 is 1.92 bits per heavy atom. The summed E-state index contributed by atoms with van der Waals surface area (Å²) in [6.45, 7) is 2.36. The number of pyridine rings is 1. The number of nitrogens with zero attached hydrogens (tertiary/aromatic N) is 3. The smallest absolute Gasteiger partial charge is 0.315 e. The summed E-state index contributed by atoms with van der Waals surface area (Å²) < 4.78 is 5.01. The Kier molecular flexibility index (Phi) is 9.93. The van der Waals surface area contributed by atoms with E-state index in [0.29, 0.717) is 17.0 Å². The number of likely N-dealkylation sites (N-methyl/N-ethyl adjacent to an activating group) is 1. The minimum absolute atomic E-state index is 0.0196. The molecule has 2 aromatic rings. The fourth-order valence-corrected chi connectivity index (χ4v) is 3.74. The first-order valence-corrected chi connectivity index (χ1v) is 11.9. The first-order valence-electron chi connectivity index (χ1n) is 11.9. The van der Waals surface area contributed by atoms with Gasteiger partial charge in [-0.2, -0.15) is 5.26 Å². The van der Waals surface area contributed by atoms with E-state index in [1.54, 1.807) is 80.9 Å².